The average molecular weight is 344 g/mol. The third kappa shape index (κ3) is 3.76. The van der Waals surface area contributed by atoms with E-state index in [0.29, 0.717) is 15.9 Å². The minimum Gasteiger partial charge on any atom is -0.271 e. The van der Waals surface area contributed by atoms with Crippen LogP contribution >= 0.6 is 27.5 Å². The second-order valence-corrected chi connectivity index (χ2v) is 5.51. The van der Waals surface area contributed by atoms with E-state index >= 15 is 0 Å². The molecule has 0 saturated carbocycles. The lowest BCUT2D eigenvalue weighted by atomic mass is 9.99. The average Bonchev–Trinajstić information content (AvgIpc) is 2.41. The SMILES string of the molecule is NNC(Cc1ccc(Cl)cc1)c1ccc(Br)c(F)c1. The van der Waals surface area contributed by atoms with Crippen LogP contribution in [0.5, 0.6) is 0 Å². The topological polar surface area (TPSA) is 38.0 Å². The van der Waals surface area contributed by atoms with Gasteiger partial charge in [-0.1, -0.05) is 29.8 Å². The van der Waals surface area contributed by atoms with Gasteiger partial charge in [0.25, 0.3) is 0 Å². The van der Waals surface area contributed by atoms with E-state index in [1.54, 1.807) is 6.07 Å². The zero-order valence-corrected chi connectivity index (χ0v) is 12.4. The minimum atomic E-state index is -0.297. The lowest BCUT2D eigenvalue weighted by Gasteiger charge is -2.17. The van der Waals surface area contributed by atoms with Crippen molar-refractivity contribution in [2.24, 2.45) is 5.84 Å². The zero-order valence-electron chi connectivity index (χ0n) is 10.0. The van der Waals surface area contributed by atoms with Gasteiger partial charge in [0.1, 0.15) is 5.82 Å². The number of nitrogens with one attached hydrogen (secondary N) is 1. The summed E-state index contributed by atoms with van der Waals surface area (Å²) in [4.78, 5) is 0. The van der Waals surface area contributed by atoms with Crippen molar-refractivity contribution < 1.29 is 4.39 Å². The van der Waals surface area contributed by atoms with Gasteiger partial charge in [0.05, 0.1) is 10.5 Å². The first-order valence-electron chi connectivity index (χ1n) is 5.75. The molecule has 0 aliphatic rings. The third-order valence-electron chi connectivity index (χ3n) is 2.90. The van der Waals surface area contributed by atoms with Gasteiger partial charge in [-0.05, 0) is 57.7 Å². The van der Waals surface area contributed by atoms with Gasteiger partial charge in [0.2, 0.25) is 0 Å². The molecule has 0 spiro atoms. The molecule has 100 valence electrons. The van der Waals surface area contributed by atoms with Gasteiger partial charge in [-0.15, -0.1) is 0 Å². The predicted octanol–water partition coefficient (Wildman–Crippen LogP) is 3.99. The molecule has 3 N–H and O–H groups in total. The molecule has 2 nitrogen and oxygen atoms in total. The normalized spacial score (nSPS) is 12.4. The Labute approximate surface area is 124 Å². The highest BCUT2D eigenvalue weighted by Crippen LogP contribution is 2.23. The van der Waals surface area contributed by atoms with E-state index in [0.717, 1.165) is 11.1 Å². The van der Waals surface area contributed by atoms with Crippen molar-refractivity contribution in [3.05, 3.63) is 68.9 Å². The molecular weight excluding hydrogens is 331 g/mol. The van der Waals surface area contributed by atoms with E-state index in [-0.39, 0.29) is 11.9 Å². The Bertz CT molecular complexity index is 560. The monoisotopic (exact) mass is 342 g/mol. The molecule has 0 radical (unpaired) electrons. The second kappa shape index (κ2) is 6.48. The predicted molar refractivity (Wildman–Crippen MR) is 79.3 cm³/mol. The summed E-state index contributed by atoms with van der Waals surface area (Å²) in [6, 6.07) is 12.4. The molecule has 1 unspecified atom stereocenters. The Hall–Kier alpha value is -0.940. The molecule has 2 aromatic rings. The first kappa shape index (κ1) is 14.5. The van der Waals surface area contributed by atoms with Crippen LogP contribution in [-0.2, 0) is 6.42 Å². The molecule has 0 fully saturated rings. The standard InChI is InChI=1S/C14H13BrClFN2/c15-12-6-3-10(8-13(12)17)14(19-18)7-9-1-4-11(16)5-2-9/h1-6,8,14,19H,7,18H2. The Morgan fingerprint density at radius 2 is 1.89 bits per heavy atom. The number of nitrogens with two attached hydrogens (primary N) is 1. The molecule has 0 aliphatic carbocycles. The molecule has 2 rings (SSSR count). The van der Waals surface area contributed by atoms with Gasteiger partial charge in [-0.25, -0.2) is 4.39 Å². The van der Waals surface area contributed by atoms with Crippen molar-refractivity contribution in [3.63, 3.8) is 0 Å². The van der Waals surface area contributed by atoms with Gasteiger partial charge in [0.15, 0.2) is 0 Å². The third-order valence-corrected chi connectivity index (χ3v) is 3.80. The summed E-state index contributed by atoms with van der Waals surface area (Å²) in [5.41, 5.74) is 4.60. The highest BCUT2D eigenvalue weighted by atomic mass is 79.9. The lowest BCUT2D eigenvalue weighted by molar-refractivity contribution is 0.543. The van der Waals surface area contributed by atoms with Crippen LogP contribution in [0.3, 0.4) is 0 Å². The molecular formula is C14H13BrClFN2. The quantitative estimate of drug-likeness (QED) is 0.651. The summed E-state index contributed by atoms with van der Waals surface area (Å²) in [5.74, 6) is 5.26. The number of hydrazine groups is 1. The number of hydrogen-bond acceptors (Lipinski definition) is 2. The van der Waals surface area contributed by atoms with Crippen molar-refractivity contribution >= 4 is 27.5 Å². The lowest BCUT2D eigenvalue weighted by Crippen LogP contribution is -2.29. The van der Waals surface area contributed by atoms with E-state index < -0.39 is 0 Å². The Balaban J connectivity index is 2.19. The van der Waals surface area contributed by atoms with E-state index in [1.807, 2.05) is 30.3 Å². The van der Waals surface area contributed by atoms with Gasteiger partial charge in [-0.2, -0.15) is 0 Å². The van der Waals surface area contributed by atoms with Crippen molar-refractivity contribution in [2.45, 2.75) is 12.5 Å². The summed E-state index contributed by atoms with van der Waals surface area (Å²) in [7, 11) is 0. The van der Waals surface area contributed by atoms with Crippen LogP contribution in [0.15, 0.2) is 46.9 Å². The van der Waals surface area contributed by atoms with Gasteiger partial charge >= 0.3 is 0 Å². The van der Waals surface area contributed by atoms with E-state index in [1.165, 1.54) is 6.07 Å². The highest BCUT2D eigenvalue weighted by Gasteiger charge is 2.12. The molecule has 0 heterocycles. The smallest absolute Gasteiger partial charge is 0.137 e. The molecule has 0 bridgehead atoms. The molecule has 0 aromatic heterocycles. The molecule has 19 heavy (non-hydrogen) atoms. The zero-order chi connectivity index (χ0) is 13.8. The number of halogens is 3. The minimum absolute atomic E-state index is 0.149. The Morgan fingerprint density at radius 1 is 1.21 bits per heavy atom. The summed E-state index contributed by atoms with van der Waals surface area (Å²) in [6.45, 7) is 0. The fourth-order valence-corrected chi connectivity index (χ4v) is 2.23. The fourth-order valence-electron chi connectivity index (χ4n) is 1.86. The first-order valence-corrected chi connectivity index (χ1v) is 6.93. The number of rotatable bonds is 4. The van der Waals surface area contributed by atoms with Crippen molar-refractivity contribution in [3.8, 4) is 0 Å². The maximum absolute atomic E-state index is 13.5. The molecule has 5 heteroatoms. The van der Waals surface area contributed by atoms with Crippen LogP contribution in [0.2, 0.25) is 5.02 Å². The second-order valence-electron chi connectivity index (χ2n) is 4.22. The van der Waals surface area contributed by atoms with Crippen LogP contribution < -0.4 is 11.3 Å². The van der Waals surface area contributed by atoms with Crippen molar-refractivity contribution in [1.29, 1.82) is 0 Å². The number of hydrogen-bond donors (Lipinski definition) is 2. The Morgan fingerprint density at radius 3 is 2.47 bits per heavy atom. The summed E-state index contributed by atoms with van der Waals surface area (Å²) in [5, 5.41) is 0.690. The summed E-state index contributed by atoms with van der Waals surface area (Å²) >= 11 is 8.98. The van der Waals surface area contributed by atoms with Gasteiger partial charge in [-0.3, -0.25) is 11.3 Å². The van der Waals surface area contributed by atoms with Crippen molar-refractivity contribution in [2.75, 3.05) is 0 Å². The van der Waals surface area contributed by atoms with Gasteiger partial charge in [0, 0.05) is 5.02 Å². The Kier molecular flexibility index (Phi) is 4.93. The van der Waals surface area contributed by atoms with Gasteiger partial charge < -0.3 is 0 Å². The number of benzene rings is 2. The highest BCUT2D eigenvalue weighted by molar-refractivity contribution is 9.10. The van der Waals surface area contributed by atoms with Crippen LogP contribution in [0.1, 0.15) is 17.2 Å². The molecule has 1 atom stereocenters. The van der Waals surface area contributed by atoms with E-state index in [4.69, 9.17) is 17.4 Å². The first-order chi connectivity index (χ1) is 9.10. The van der Waals surface area contributed by atoms with E-state index in [2.05, 4.69) is 21.4 Å². The van der Waals surface area contributed by atoms with Crippen molar-refractivity contribution in [1.82, 2.24) is 5.43 Å². The fraction of sp³-hybridized carbons (Fsp3) is 0.143. The van der Waals surface area contributed by atoms with Crippen LogP contribution in [0.4, 0.5) is 4.39 Å². The molecule has 0 aliphatic heterocycles. The van der Waals surface area contributed by atoms with Crippen LogP contribution in [-0.4, -0.2) is 0 Å². The van der Waals surface area contributed by atoms with Crippen LogP contribution in [0, 0.1) is 5.82 Å². The maximum atomic E-state index is 13.5. The summed E-state index contributed by atoms with van der Waals surface area (Å²) < 4.78 is 14.0. The molecule has 2 aromatic carbocycles. The largest absolute Gasteiger partial charge is 0.271 e. The van der Waals surface area contributed by atoms with E-state index in [9.17, 15) is 4.39 Å². The maximum Gasteiger partial charge on any atom is 0.137 e. The summed E-state index contributed by atoms with van der Waals surface area (Å²) in [6.07, 6.45) is 0.661. The molecule has 0 saturated heterocycles. The molecule has 0 amide bonds. The van der Waals surface area contributed by atoms with Crippen LogP contribution in [0.25, 0.3) is 0 Å².